The second kappa shape index (κ2) is 9.17. The van der Waals surface area contributed by atoms with Crippen LogP contribution in [0.1, 0.15) is 20.7 Å². The summed E-state index contributed by atoms with van der Waals surface area (Å²) in [7, 11) is 0. The SMILES string of the molecule is O=C([O-])c1c(F)cc(F)cc1F.O=C([O-])c1c(F)cc(F)cc1F.[Zn+2]. The zero-order chi connectivity index (χ0) is 18.6. The van der Waals surface area contributed by atoms with Crippen molar-refractivity contribution in [3.05, 3.63) is 70.3 Å². The number of aromatic carboxylic acids is 2. The predicted molar refractivity (Wildman–Crippen MR) is 61.3 cm³/mol. The maximum absolute atomic E-state index is 12.5. The molecule has 0 aliphatic carbocycles. The van der Waals surface area contributed by atoms with Gasteiger partial charge in [0.15, 0.2) is 0 Å². The molecule has 0 heterocycles. The maximum atomic E-state index is 12.5. The third kappa shape index (κ3) is 5.86. The minimum absolute atomic E-state index is 0. The van der Waals surface area contributed by atoms with Crippen LogP contribution in [0.4, 0.5) is 26.3 Å². The zero-order valence-corrected chi connectivity index (χ0v) is 14.9. The normalized spacial score (nSPS) is 9.52. The molecule has 0 saturated heterocycles. The first kappa shape index (κ1) is 22.6. The second-order valence-corrected chi connectivity index (χ2v) is 4.06. The van der Waals surface area contributed by atoms with E-state index in [9.17, 15) is 46.1 Å². The Bertz CT molecular complexity index is 698. The molecule has 2 aromatic carbocycles. The number of benzene rings is 2. The molecule has 0 atom stereocenters. The van der Waals surface area contributed by atoms with Crippen molar-refractivity contribution in [1.29, 1.82) is 0 Å². The fourth-order valence-electron chi connectivity index (χ4n) is 1.47. The fraction of sp³-hybridized carbons (Fsp3) is 0. The molecule has 0 aliphatic rings. The molecule has 0 spiro atoms. The van der Waals surface area contributed by atoms with Crippen molar-refractivity contribution >= 4 is 11.9 Å². The minimum Gasteiger partial charge on any atom is -0.545 e. The predicted octanol–water partition coefficient (Wildman–Crippen LogP) is 0.932. The molecule has 11 heteroatoms. The van der Waals surface area contributed by atoms with Crippen LogP contribution in [-0.2, 0) is 19.5 Å². The number of carboxylic acids is 2. The number of rotatable bonds is 2. The molecule has 0 radical (unpaired) electrons. The third-order valence-corrected chi connectivity index (χ3v) is 2.42. The molecule has 0 aromatic heterocycles. The van der Waals surface area contributed by atoms with Crippen LogP contribution in [0.3, 0.4) is 0 Å². The average molecular weight is 416 g/mol. The van der Waals surface area contributed by atoms with Crippen molar-refractivity contribution in [3.8, 4) is 0 Å². The molecule has 0 amide bonds. The van der Waals surface area contributed by atoms with Crippen LogP contribution in [0, 0.1) is 34.9 Å². The van der Waals surface area contributed by atoms with Crippen LogP contribution in [0.5, 0.6) is 0 Å². The molecule has 128 valence electrons. The molecule has 0 saturated carbocycles. The van der Waals surface area contributed by atoms with Gasteiger partial charge in [-0.1, -0.05) is 0 Å². The number of hydrogen-bond acceptors (Lipinski definition) is 4. The Morgan fingerprint density at radius 2 is 0.800 bits per heavy atom. The second-order valence-electron chi connectivity index (χ2n) is 4.06. The Balaban J connectivity index is 0.000000443. The largest absolute Gasteiger partial charge is 2.00 e. The molecule has 0 aliphatic heterocycles. The Morgan fingerprint density at radius 1 is 0.600 bits per heavy atom. The Morgan fingerprint density at radius 3 is 0.960 bits per heavy atom. The topological polar surface area (TPSA) is 80.3 Å². The van der Waals surface area contributed by atoms with Crippen LogP contribution in [-0.4, -0.2) is 11.9 Å². The van der Waals surface area contributed by atoms with Gasteiger partial charge >= 0.3 is 19.5 Å². The van der Waals surface area contributed by atoms with Gasteiger partial charge in [-0.25, -0.2) is 26.3 Å². The van der Waals surface area contributed by atoms with Crippen molar-refractivity contribution < 1.29 is 65.6 Å². The molecule has 2 rings (SSSR count). The van der Waals surface area contributed by atoms with Gasteiger partial charge in [-0.15, -0.1) is 0 Å². The van der Waals surface area contributed by atoms with E-state index in [-0.39, 0.29) is 43.7 Å². The standard InChI is InChI=1S/2C7H3F3O2.Zn/c2*8-3-1-4(9)6(7(11)12)5(10)2-3;/h2*1-2H,(H,11,12);/q;;+2/p-2. The van der Waals surface area contributed by atoms with Crippen molar-refractivity contribution in [2.75, 3.05) is 0 Å². The zero-order valence-electron chi connectivity index (χ0n) is 11.9. The molecule has 0 N–H and O–H groups in total. The third-order valence-electron chi connectivity index (χ3n) is 2.42. The van der Waals surface area contributed by atoms with Crippen molar-refractivity contribution in [2.24, 2.45) is 0 Å². The Labute approximate surface area is 148 Å². The summed E-state index contributed by atoms with van der Waals surface area (Å²) in [6.45, 7) is 0. The number of carboxylic acid groups (broad SMARTS) is 2. The van der Waals surface area contributed by atoms with Crippen LogP contribution < -0.4 is 10.2 Å². The van der Waals surface area contributed by atoms with Crippen LogP contribution in [0.25, 0.3) is 0 Å². The molecule has 4 nitrogen and oxygen atoms in total. The molecular formula is C14H4F6O4Zn. The van der Waals surface area contributed by atoms with Gasteiger partial charge in [0.1, 0.15) is 34.9 Å². The van der Waals surface area contributed by atoms with Gasteiger partial charge in [0.2, 0.25) is 0 Å². The maximum Gasteiger partial charge on any atom is 2.00 e. The van der Waals surface area contributed by atoms with Gasteiger partial charge in [-0.05, 0) is 0 Å². The summed E-state index contributed by atoms with van der Waals surface area (Å²) < 4.78 is 74.2. The van der Waals surface area contributed by atoms with E-state index in [4.69, 9.17) is 0 Å². The molecule has 0 bridgehead atoms. The fourth-order valence-corrected chi connectivity index (χ4v) is 1.47. The van der Waals surface area contributed by atoms with Gasteiger partial charge in [0, 0.05) is 24.3 Å². The van der Waals surface area contributed by atoms with Gasteiger partial charge in [-0.3, -0.25) is 0 Å². The Hall–Kier alpha value is -2.42. The summed E-state index contributed by atoms with van der Waals surface area (Å²) in [6.07, 6.45) is 0. The first-order chi connectivity index (χ1) is 11.0. The van der Waals surface area contributed by atoms with Gasteiger partial charge < -0.3 is 19.8 Å². The number of carbonyl (C=O) groups excluding carboxylic acids is 2. The van der Waals surface area contributed by atoms with E-state index in [1.807, 2.05) is 0 Å². The average Bonchev–Trinajstić information content (AvgIpc) is 2.35. The van der Waals surface area contributed by atoms with E-state index in [0.717, 1.165) is 0 Å². The number of hydrogen-bond donors (Lipinski definition) is 0. The van der Waals surface area contributed by atoms with Gasteiger partial charge in [-0.2, -0.15) is 0 Å². The summed E-state index contributed by atoms with van der Waals surface area (Å²) >= 11 is 0. The minimum atomic E-state index is -2.01. The van der Waals surface area contributed by atoms with Crippen LogP contribution in [0.2, 0.25) is 0 Å². The first-order valence-corrected chi connectivity index (χ1v) is 5.76. The van der Waals surface area contributed by atoms with E-state index in [2.05, 4.69) is 0 Å². The van der Waals surface area contributed by atoms with Crippen molar-refractivity contribution in [1.82, 2.24) is 0 Å². The molecule has 0 fully saturated rings. The summed E-state index contributed by atoms with van der Waals surface area (Å²) in [6, 6.07) is 1.09. The molecule has 25 heavy (non-hydrogen) atoms. The number of carbonyl (C=O) groups is 2. The van der Waals surface area contributed by atoms with E-state index in [1.54, 1.807) is 0 Å². The van der Waals surface area contributed by atoms with E-state index >= 15 is 0 Å². The van der Waals surface area contributed by atoms with Crippen molar-refractivity contribution in [3.63, 3.8) is 0 Å². The summed E-state index contributed by atoms with van der Waals surface area (Å²) in [5, 5.41) is 20.1. The van der Waals surface area contributed by atoms with Crippen LogP contribution in [0.15, 0.2) is 24.3 Å². The molecule has 0 unspecified atom stereocenters. The van der Waals surface area contributed by atoms with E-state index in [1.165, 1.54) is 0 Å². The van der Waals surface area contributed by atoms with E-state index < -0.39 is 58.0 Å². The van der Waals surface area contributed by atoms with Gasteiger partial charge in [0.05, 0.1) is 23.1 Å². The van der Waals surface area contributed by atoms with Crippen molar-refractivity contribution in [2.45, 2.75) is 0 Å². The smallest absolute Gasteiger partial charge is 0.545 e. The van der Waals surface area contributed by atoms with Crippen LogP contribution >= 0.6 is 0 Å². The van der Waals surface area contributed by atoms with Gasteiger partial charge in [0.25, 0.3) is 0 Å². The quantitative estimate of drug-likeness (QED) is 0.540. The first-order valence-electron chi connectivity index (χ1n) is 5.76. The van der Waals surface area contributed by atoms with E-state index in [0.29, 0.717) is 0 Å². The summed E-state index contributed by atoms with van der Waals surface area (Å²) in [4.78, 5) is 20.1. The Kier molecular flexibility index (Phi) is 8.28. The molecular weight excluding hydrogens is 412 g/mol. The monoisotopic (exact) mass is 414 g/mol. The number of halogens is 6. The summed E-state index contributed by atoms with van der Waals surface area (Å²) in [5.41, 5.74) is -2.51. The molecule has 2 aromatic rings. The summed E-state index contributed by atoms with van der Waals surface area (Å²) in [5.74, 6) is -12.3.